The zero-order valence-electron chi connectivity index (χ0n) is 14.2. The molecule has 1 heterocycles. The third-order valence-electron chi connectivity index (χ3n) is 3.96. The molecule has 0 saturated carbocycles. The molecule has 0 spiro atoms. The van der Waals surface area contributed by atoms with Crippen molar-refractivity contribution in [3.8, 4) is 0 Å². The topological polar surface area (TPSA) is 117 Å². The van der Waals surface area contributed by atoms with E-state index in [9.17, 15) is 14.4 Å². The van der Waals surface area contributed by atoms with Crippen LogP contribution in [0.4, 0.5) is 0 Å². The van der Waals surface area contributed by atoms with Crippen LogP contribution in [0.2, 0.25) is 5.02 Å². The van der Waals surface area contributed by atoms with Crippen LogP contribution >= 0.6 is 11.6 Å². The number of hydrogen-bond acceptors (Lipinski definition) is 3. The first-order valence-electron chi connectivity index (χ1n) is 8.15. The third kappa shape index (κ3) is 4.27. The number of carbonyl (C=O) groups excluding carboxylic acids is 3. The molecule has 0 bridgehead atoms. The molecule has 0 aliphatic carbocycles. The van der Waals surface area contributed by atoms with Crippen molar-refractivity contribution in [2.75, 3.05) is 6.54 Å². The number of halogens is 1. The largest absolute Gasteiger partial charge is 0.368 e. The number of nitrogens with two attached hydrogens (primary N) is 1. The smallest absolute Gasteiger partial charge is 0.269 e. The second kappa shape index (κ2) is 7.92. The van der Waals surface area contributed by atoms with Gasteiger partial charge in [-0.05, 0) is 23.8 Å². The van der Waals surface area contributed by atoms with Crippen LogP contribution in [0, 0.1) is 0 Å². The highest BCUT2D eigenvalue weighted by molar-refractivity contribution is 6.38. The molecular weight excluding hydrogens is 368 g/mol. The van der Waals surface area contributed by atoms with Crippen molar-refractivity contribution in [1.29, 1.82) is 0 Å². The van der Waals surface area contributed by atoms with Crippen LogP contribution in [0.1, 0.15) is 26.4 Å². The van der Waals surface area contributed by atoms with E-state index < -0.39 is 11.8 Å². The van der Waals surface area contributed by atoms with E-state index >= 15 is 0 Å². The highest BCUT2D eigenvalue weighted by Crippen LogP contribution is 2.27. The minimum atomic E-state index is -0.613. The molecule has 2 aromatic carbocycles. The molecule has 0 saturated heterocycles. The average Bonchev–Trinajstić information content (AvgIpc) is 3.01. The molecule has 5 N–H and O–H groups in total. The maximum absolute atomic E-state index is 12.4. The number of para-hydroxylation sites is 1. The fourth-order valence-electron chi connectivity index (χ4n) is 2.58. The molecule has 8 heteroatoms. The average molecular weight is 385 g/mol. The SMILES string of the molecule is NC(=O)CNC(=O)c1ccc(CNC(=O)c2[nH]c3ccccc3c2Cl)cc1. The Bertz CT molecular complexity index is 1010. The summed E-state index contributed by atoms with van der Waals surface area (Å²) in [6.45, 7) is 0.0512. The molecule has 0 radical (unpaired) electrons. The minimum absolute atomic E-state index is 0.220. The van der Waals surface area contributed by atoms with Gasteiger partial charge in [0.15, 0.2) is 0 Å². The first kappa shape index (κ1) is 18.5. The molecule has 0 fully saturated rings. The Labute approximate surface area is 159 Å². The summed E-state index contributed by atoms with van der Waals surface area (Å²) >= 11 is 6.27. The lowest BCUT2D eigenvalue weighted by molar-refractivity contribution is -0.117. The van der Waals surface area contributed by atoms with Gasteiger partial charge in [-0.1, -0.05) is 41.9 Å². The van der Waals surface area contributed by atoms with Crippen molar-refractivity contribution in [2.45, 2.75) is 6.54 Å². The lowest BCUT2D eigenvalue weighted by Crippen LogP contribution is -2.33. The number of aromatic amines is 1. The maximum Gasteiger partial charge on any atom is 0.269 e. The van der Waals surface area contributed by atoms with Gasteiger partial charge in [0.2, 0.25) is 5.91 Å². The maximum atomic E-state index is 12.4. The van der Waals surface area contributed by atoms with E-state index in [1.807, 2.05) is 24.3 Å². The van der Waals surface area contributed by atoms with E-state index in [0.29, 0.717) is 16.3 Å². The zero-order valence-corrected chi connectivity index (χ0v) is 15.0. The number of fused-ring (bicyclic) bond motifs is 1. The highest BCUT2D eigenvalue weighted by Gasteiger charge is 2.16. The summed E-state index contributed by atoms with van der Waals surface area (Å²) in [6, 6.07) is 14.0. The van der Waals surface area contributed by atoms with Gasteiger partial charge in [-0.15, -0.1) is 0 Å². The van der Waals surface area contributed by atoms with Gasteiger partial charge in [-0.2, -0.15) is 0 Å². The van der Waals surface area contributed by atoms with Crippen LogP contribution in [0.5, 0.6) is 0 Å². The number of primary amides is 1. The molecule has 0 aliphatic rings. The number of carbonyl (C=O) groups is 3. The van der Waals surface area contributed by atoms with Crippen molar-refractivity contribution in [1.82, 2.24) is 15.6 Å². The number of hydrogen-bond donors (Lipinski definition) is 4. The number of H-pyrrole nitrogens is 1. The van der Waals surface area contributed by atoms with Crippen molar-refractivity contribution < 1.29 is 14.4 Å². The normalized spacial score (nSPS) is 10.6. The molecule has 3 rings (SSSR count). The van der Waals surface area contributed by atoms with Gasteiger partial charge >= 0.3 is 0 Å². The van der Waals surface area contributed by atoms with E-state index in [-0.39, 0.29) is 19.0 Å². The van der Waals surface area contributed by atoms with E-state index in [4.69, 9.17) is 17.3 Å². The van der Waals surface area contributed by atoms with E-state index in [2.05, 4.69) is 15.6 Å². The third-order valence-corrected chi connectivity index (χ3v) is 4.35. The Hall–Kier alpha value is -3.32. The summed E-state index contributed by atoms with van der Waals surface area (Å²) in [7, 11) is 0. The lowest BCUT2D eigenvalue weighted by atomic mass is 10.1. The summed E-state index contributed by atoms with van der Waals surface area (Å²) in [6.07, 6.45) is 0. The number of benzene rings is 2. The summed E-state index contributed by atoms with van der Waals surface area (Å²) < 4.78 is 0. The standard InChI is InChI=1S/C19H17ClN4O3/c20-16-13-3-1-2-4-14(13)24-17(16)19(27)22-9-11-5-7-12(8-6-11)18(26)23-10-15(21)25/h1-8,24H,9-10H2,(H2,21,25)(H,22,27)(H,23,26). The quantitative estimate of drug-likeness (QED) is 0.520. The van der Waals surface area contributed by atoms with Crippen molar-refractivity contribution in [3.63, 3.8) is 0 Å². The van der Waals surface area contributed by atoms with Crippen molar-refractivity contribution >= 4 is 40.2 Å². The van der Waals surface area contributed by atoms with Gasteiger partial charge in [-0.25, -0.2) is 0 Å². The van der Waals surface area contributed by atoms with Gasteiger partial charge < -0.3 is 21.4 Å². The summed E-state index contributed by atoms with van der Waals surface area (Å²) in [5, 5.41) is 6.36. The van der Waals surface area contributed by atoms with Crippen LogP contribution < -0.4 is 16.4 Å². The van der Waals surface area contributed by atoms with Crippen LogP contribution in [0.15, 0.2) is 48.5 Å². The Kier molecular flexibility index (Phi) is 5.42. The Morgan fingerprint density at radius 3 is 2.33 bits per heavy atom. The van der Waals surface area contributed by atoms with E-state index in [0.717, 1.165) is 16.5 Å². The second-order valence-corrected chi connectivity index (χ2v) is 6.27. The predicted octanol–water partition coefficient (Wildman–Crippen LogP) is 1.97. The molecule has 0 aliphatic heterocycles. The molecule has 27 heavy (non-hydrogen) atoms. The van der Waals surface area contributed by atoms with Gasteiger partial charge in [0.05, 0.1) is 11.6 Å². The van der Waals surface area contributed by atoms with E-state index in [1.165, 1.54) is 0 Å². The summed E-state index contributed by atoms with van der Waals surface area (Å²) in [5.74, 6) is -1.33. The number of rotatable bonds is 6. The van der Waals surface area contributed by atoms with Crippen molar-refractivity contribution in [3.05, 3.63) is 70.4 Å². The van der Waals surface area contributed by atoms with Gasteiger partial charge in [0, 0.05) is 23.0 Å². The summed E-state index contributed by atoms with van der Waals surface area (Å²) in [4.78, 5) is 37.9. The van der Waals surface area contributed by atoms with E-state index in [1.54, 1.807) is 24.3 Å². The Morgan fingerprint density at radius 2 is 1.67 bits per heavy atom. The Morgan fingerprint density at radius 1 is 0.963 bits per heavy atom. The van der Waals surface area contributed by atoms with Gasteiger partial charge in [0.25, 0.3) is 11.8 Å². The van der Waals surface area contributed by atoms with Crippen LogP contribution in [-0.2, 0) is 11.3 Å². The molecule has 0 atom stereocenters. The summed E-state index contributed by atoms with van der Waals surface area (Å²) in [5.41, 5.74) is 7.29. The molecule has 3 amide bonds. The van der Waals surface area contributed by atoms with Crippen LogP contribution in [0.3, 0.4) is 0 Å². The molecule has 7 nitrogen and oxygen atoms in total. The first-order valence-corrected chi connectivity index (χ1v) is 8.53. The minimum Gasteiger partial charge on any atom is -0.368 e. The van der Waals surface area contributed by atoms with Gasteiger partial charge in [0.1, 0.15) is 5.69 Å². The second-order valence-electron chi connectivity index (χ2n) is 5.89. The van der Waals surface area contributed by atoms with Crippen LogP contribution in [-0.4, -0.2) is 29.3 Å². The fourth-order valence-corrected chi connectivity index (χ4v) is 2.88. The highest BCUT2D eigenvalue weighted by atomic mass is 35.5. The first-order chi connectivity index (χ1) is 13.0. The molecule has 138 valence electrons. The molecule has 1 aromatic heterocycles. The number of amides is 3. The molecular formula is C19H17ClN4O3. The predicted molar refractivity (Wildman–Crippen MR) is 102 cm³/mol. The number of aromatic nitrogens is 1. The molecule has 0 unspecified atom stereocenters. The van der Waals surface area contributed by atoms with Gasteiger partial charge in [-0.3, -0.25) is 14.4 Å². The molecule has 3 aromatic rings. The van der Waals surface area contributed by atoms with Crippen molar-refractivity contribution in [2.24, 2.45) is 5.73 Å². The zero-order chi connectivity index (χ0) is 19.4. The van der Waals surface area contributed by atoms with Crippen LogP contribution in [0.25, 0.3) is 10.9 Å². The fraction of sp³-hybridized carbons (Fsp3) is 0.105. The lowest BCUT2D eigenvalue weighted by Gasteiger charge is -2.06. The monoisotopic (exact) mass is 384 g/mol. The number of nitrogens with one attached hydrogen (secondary N) is 3. The Balaban J connectivity index is 1.62.